The van der Waals surface area contributed by atoms with E-state index >= 15 is 0 Å². The summed E-state index contributed by atoms with van der Waals surface area (Å²) in [5.74, 6) is 0.955. The molecule has 0 atom stereocenters. The summed E-state index contributed by atoms with van der Waals surface area (Å²) in [7, 11) is 1.58. The molecule has 1 amide bonds. The molecule has 1 aliphatic heterocycles. The molecule has 1 aliphatic rings. The second-order valence-electron chi connectivity index (χ2n) is 7.45. The SMILES string of the molecule is CCc1ccc(N=C2NC(=O)/C(=C/c3cc(Br)c(OCc4ccc(Cl)cc4)c(OC)c3)S2)cc1. The highest BCUT2D eigenvalue weighted by Gasteiger charge is 2.24. The zero-order valence-corrected chi connectivity index (χ0v) is 21.8. The number of hydrogen-bond donors (Lipinski definition) is 1. The Morgan fingerprint density at radius 3 is 2.47 bits per heavy atom. The number of amidine groups is 1. The van der Waals surface area contributed by atoms with Gasteiger partial charge in [-0.2, -0.15) is 0 Å². The smallest absolute Gasteiger partial charge is 0.264 e. The van der Waals surface area contributed by atoms with E-state index < -0.39 is 0 Å². The van der Waals surface area contributed by atoms with Crippen LogP contribution in [0.4, 0.5) is 5.69 Å². The van der Waals surface area contributed by atoms with Gasteiger partial charge in [-0.05, 0) is 93.3 Å². The van der Waals surface area contributed by atoms with Crippen molar-refractivity contribution in [2.75, 3.05) is 7.11 Å². The maximum absolute atomic E-state index is 12.5. The molecule has 3 aromatic rings. The van der Waals surface area contributed by atoms with Crippen molar-refractivity contribution in [3.05, 3.63) is 91.8 Å². The Morgan fingerprint density at radius 1 is 1.09 bits per heavy atom. The van der Waals surface area contributed by atoms with Crippen LogP contribution in [-0.4, -0.2) is 18.2 Å². The topological polar surface area (TPSA) is 59.9 Å². The Hall–Kier alpha value is -2.74. The van der Waals surface area contributed by atoms with Crippen LogP contribution >= 0.6 is 39.3 Å². The van der Waals surface area contributed by atoms with E-state index in [2.05, 4.69) is 33.2 Å². The molecule has 174 valence electrons. The van der Waals surface area contributed by atoms with Crippen molar-refractivity contribution in [2.45, 2.75) is 20.0 Å². The molecule has 0 aliphatic carbocycles. The van der Waals surface area contributed by atoms with Gasteiger partial charge in [-0.3, -0.25) is 4.79 Å². The molecular weight excluding hydrogens is 536 g/mol. The largest absolute Gasteiger partial charge is 0.493 e. The lowest BCUT2D eigenvalue weighted by molar-refractivity contribution is -0.115. The molecule has 0 bridgehead atoms. The minimum atomic E-state index is -0.188. The molecule has 1 heterocycles. The first-order valence-corrected chi connectivity index (χ1v) is 12.6. The minimum absolute atomic E-state index is 0.188. The van der Waals surface area contributed by atoms with Crippen LogP contribution in [0.3, 0.4) is 0 Å². The average Bonchev–Trinajstić information content (AvgIpc) is 3.17. The molecule has 34 heavy (non-hydrogen) atoms. The molecule has 3 aromatic carbocycles. The number of nitrogens with zero attached hydrogens (tertiary/aromatic N) is 1. The first-order chi connectivity index (χ1) is 16.4. The normalized spacial score (nSPS) is 15.6. The molecule has 0 saturated carbocycles. The van der Waals surface area contributed by atoms with Crippen LogP contribution in [0.5, 0.6) is 11.5 Å². The zero-order valence-electron chi connectivity index (χ0n) is 18.6. The summed E-state index contributed by atoms with van der Waals surface area (Å²) >= 11 is 10.8. The highest BCUT2D eigenvalue weighted by molar-refractivity contribution is 9.10. The fourth-order valence-corrected chi connectivity index (χ4v) is 4.80. The molecule has 0 aromatic heterocycles. The number of methoxy groups -OCH3 is 1. The predicted molar refractivity (Wildman–Crippen MR) is 143 cm³/mol. The second kappa shape index (κ2) is 11.1. The molecule has 1 fully saturated rings. The molecule has 0 radical (unpaired) electrons. The van der Waals surface area contributed by atoms with Gasteiger partial charge in [0.15, 0.2) is 16.7 Å². The number of ether oxygens (including phenoxy) is 2. The third-order valence-corrected chi connectivity index (χ3v) is 6.82. The summed E-state index contributed by atoms with van der Waals surface area (Å²) in [6.45, 7) is 2.47. The van der Waals surface area contributed by atoms with E-state index in [4.69, 9.17) is 21.1 Å². The Bertz CT molecular complexity index is 1260. The van der Waals surface area contributed by atoms with Gasteiger partial charge in [-0.15, -0.1) is 0 Å². The van der Waals surface area contributed by atoms with E-state index in [-0.39, 0.29) is 5.91 Å². The maximum Gasteiger partial charge on any atom is 0.264 e. The summed E-state index contributed by atoms with van der Waals surface area (Å²) < 4.78 is 12.3. The number of rotatable bonds is 7. The van der Waals surface area contributed by atoms with Gasteiger partial charge in [0.2, 0.25) is 0 Å². The van der Waals surface area contributed by atoms with E-state index in [9.17, 15) is 4.79 Å². The number of halogens is 2. The van der Waals surface area contributed by atoms with Crippen LogP contribution in [0.15, 0.2) is 75.0 Å². The lowest BCUT2D eigenvalue weighted by atomic mass is 10.1. The summed E-state index contributed by atoms with van der Waals surface area (Å²) in [5.41, 5.74) is 3.83. The number of thioether (sulfide) groups is 1. The third kappa shape index (κ3) is 6.03. The number of nitrogens with one attached hydrogen (secondary N) is 1. The van der Waals surface area contributed by atoms with E-state index in [0.29, 0.717) is 33.2 Å². The fourth-order valence-electron chi connectivity index (χ4n) is 3.25. The van der Waals surface area contributed by atoms with Crippen LogP contribution in [0, 0.1) is 0 Å². The molecule has 8 heteroatoms. The van der Waals surface area contributed by atoms with Gasteiger partial charge in [-0.1, -0.05) is 42.8 Å². The van der Waals surface area contributed by atoms with E-state index in [1.807, 2.05) is 60.7 Å². The van der Waals surface area contributed by atoms with Crippen molar-refractivity contribution in [3.8, 4) is 11.5 Å². The van der Waals surface area contributed by atoms with Crippen LogP contribution in [0.25, 0.3) is 6.08 Å². The van der Waals surface area contributed by atoms with Crippen LogP contribution < -0.4 is 14.8 Å². The number of carbonyl (C=O) groups excluding carboxylic acids is 1. The molecule has 0 spiro atoms. The monoisotopic (exact) mass is 556 g/mol. The molecular formula is C26H22BrClN2O3S. The highest BCUT2D eigenvalue weighted by atomic mass is 79.9. The Morgan fingerprint density at radius 2 is 1.79 bits per heavy atom. The van der Waals surface area contributed by atoms with Crippen molar-refractivity contribution in [1.82, 2.24) is 5.32 Å². The number of carbonyl (C=O) groups is 1. The van der Waals surface area contributed by atoms with Crippen molar-refractivity contribution in [3.63, 3.8) is 0 Å². The average molecular weight is 558 g/mol. The molecule has 1 saturated heterocycles. The van der Waals surface area contributed by atoms with Gasteiger partial charge in [0.05, 0.1) is 22.2 Å². The number of hydrogen-bond acceptors (Lipinski definition) is 5. The standard InChI is InChI=1S/C26H22BrClN2O3S/c1-3-16-6-10-20(11-7-16)29-26-30-25(31)23(34-26)14-18-12-21(27)24(22(13-18)32-2)33-15-17-4-8-19(28)9-5-17/h4-14H,3,15H2,1-2H3,(H,29,30,31)/b23-14-. The van der Waals surface area contributed by atoms with Gasteiger partial charge in [0, 0.05) is 5.02 Å². The summed E-state index contributed by atoms with van der Waals surface area (Å²) in [4.78, 5) is 17.6. The lowest BCUT2D eigenvalue weighted by Gasteiger charge is -2.14. The predicted octanol–water partition coefficient (Wildman–Crippen LogP) is 7.14. The van der Waals surface area contributed by atoms with Gasteiger partial charge in [0.1, 0.15) is 6.61 Å². The van der Waals surface area contributed by atoms with Crippen LogP contribution in [0.2, 0.25) is 5.02 Å². The molecule has 0 unspecified atom stereocenters. The number of aliphatic imine (C=N–C) groups is 1. The lowest BCUT2D eigenvalue weighted by Crippen LogP contribution is -2.19. The van der Waals surface area contributed by atoms with Crippen molar-refractivity contribution >= 4 is 62.1 Å². The quantitative estimate of drug-likeness (QED) is 0.314. The fraction of sp³-hybridized carbons (Fsp3) is 0.154. The van der Waals surface area contributed by atoms with Gasteiger partial charge in [-0.25, -0.2) is 4.99 Å². The second-order valence-corrected chi connectivity index (χ2v) is 9.77. The third-order valence-electron chi connectivity index (χ3n) is 5.07. The first-order valence-electron chi connectivity index (χ1n) is 10.6. The van der Waals surface area contributed by atoms with Gasteiger partial charge >= 0.3 is 0 Å². The van der Waals surface area contributed by atoms with E-state index in [1.54, 1.807) is 13.2 Å². The summed E-state index contributed by atoms with van der Waals surface area (Å²) in [6.07, 6.45) is 2.78. The number of benzene rings is 3. The number of aryl methyl sites for hydroxylation is 1. The van der Waals surface area contributed by atoms with E-state index in [1.165, 1.54) is 17.3 Å². The van der Waals surface area contributed by atoms with Crippen LogP contribution in [0.1, 0.15) is 23.6 Å². The Balaban J connectivity index is 1.51. The van der Waals surface area contributed by atoms with E-state index in [0.717, 1.165) is 27.7 Å². The van der Waals surface area contributed by atoms with Gasteiger partial charge < -0.3 is 14.8 Å². The summed E-state index contributed by atoms with van der Waals surface area (Å²) in [6, 6.07) is 19.2. The van der Waals surface area contributed by atoms with Gasteiger partial charge in [0.25, 0.3) is 5.91 Å². The van der Waals surface area contributed by atoms with Crippen molar-refractivity contribution in [1.29, 1.82) is 0 Å². The number of amides is 1. The Labute approximate surface area is 216 Å². The van der Waals surface area contributed by atoms with Crippen molar-refractivity contribution < 1.29 is 14.3 Å². The molecule has 4 rings (SSSR count). The molecule has 1 N–H and O–H groups in total. The van der Waals surface area contributed by atoms with Crippen LogP contribution in [-0.2, 0) is 17.8 Å². The van der Waals surface area contributed by atoms with Crippen molar-refractivity contribution in [2.24, 2.45) is 4.99 Å². The highest BCUT2D eigenvalue weighted by Crippen LogP contribution is 2.39. The first kappa shape index (κ1) is 24.4. The Kier molecular flexibility index (Phi) is 7.98. The zero-order chi connectivity index (χ0) is 24.1. The summed E-state index contributed by atoms with van der Waals surface area (Å²) in [5, 5.41) is 4.05. The maximum atomic E-state index is 12.5. The minimum Gasteiger partial charge on any atom is -0.493 e. The molecule has 5 nitrogen and oxygen atoms in total.